The molecule has 0 N–H and O–H groups in total. The minimum absolute atomic E-state index is 0.696. The Balaban J connectivity index is 1.97. The molecule has 22 heavy (non-hydrogen) atoms. The summed E-state index contributed by atoms with van der Waals surface area (Å²) in [5.41, 5.74) is 3.78. The van der Waals surface area contributed by atoms with Crippen LogP contribution in [-0.4, -0.2) is 39.7 Å². The van der Waals surface area contributed by atoms with Crippen LogP contribution in [0.15, 0.2) is 42.5 Å². The number of morpholine rings is 1. The minimum Gasteiger partial charge on any atom is -0.497 e. The summed E-state index contributed by atoms with van der Waals surface area (Å²) in [6.07, 6.45) is 0.905. The fraction of sp³-hybridized carbons (Fsp3) is 0.278. The molecule has 1 aliphatic rings. The van der Waals surface area contributed by atoms with Crippen LogP contribution in [0, 0.1) is 0 Å². The van der Waals surface area contributed by atoms with E-state index in [2.05, 4.69) is 11.0 Å². The Kier molecular flexibility index (Phi) is 4.39. The van der Waals surface area contributed by atoms with E-state index in [9.17, 15) is 4.79 Å². The van der Waals surface area contributed by atoms with Crippen LogP contribution in [0.1, 0.15) is 10.4 Å². The SMILES string of the molecule is COc1ccc(-c2cc(N3CCOCC3)ccc2C=O)cc1. The number of nitrogens with zero attached hydrogens (tertiary/aromatic N) is 1. The van der Waals surface area contributed by atoms with Crippen LogP contribution in [0.25, 0.3) is 11.1 Å². The van der Waals surface area contributed by atoms with E-state index in [1.807, 2.05) is 36.4 Å². The molecule has 0 atom stereocenters. The van der Waals surface area contributed by atoms with Gasteiger partial charge in [0.1, 0.15) is 5.75 Å². The Labute approximate surface area is 130 Å². The van der Waals surface area contributed by atoms with Gasteiger partial charge in [0.05, 0.1) is 20.3 Å². The number of aldehydes is 1. The maximum absolute atomic E-state index is 11.4. The molecule has 0 saturated carbocycles. The second-order valence-electron chi connectivity index (χ2n) is 5.22. The molecule has 0 aromatic heterocycles. The lowest BCUT2D eigenvalue weighted by atomic mass is 9.99. The van der Waals surface area contributed by atoms with Gasteiger partial charge in [-0.15, -0.1) is 0 Å². The van der Waals surface area contributed by atoms with E-state index in [1.54, 1.807) is 7.11 Å². The van der Waals surface area contributed by atoms with Crippen molar-refractivity contribution in [1.29, 1.82) is 0 Å². The summed E-state index contributed by atoms with van der Waals surface area (Å²) in [6.45, 7) is 3.24. The Hall–Kier alpha value is -2.33. The average molecular weight is 297 g/mol. The number of benzene rings is 2. The third kappa shape index (κ3) is 2.97. The first-order chi connectivity index (χ1) is 10.8. The zero-order valence-electron chi connectivity index (χ0n) is 12.6. The highest BCUT2D eigenvalue weighted by atomic mass is 16.5. The lowest BCUT2D eigenvalue weighted by Gasteiger charge is -2.29. The third-order valence-electron chi connectivity index (χ3n) is 3.94. The van der Waals surface area contributed by atoms with Gasteiger partial charge in [0.2, 0.25) is 0 Å². The summed E-state index contributed by atoms with van der Waals surface area (Å²) < 4.78 is 10.6. The Morgan fingerprint density at radius 1 is 1.09 bits per heavy atom. The van der Waals surface area contributed by atoms with Crippen LogP contribution in [-0.2, 0) is 4.74 Å². The van der Waals surface area contributed by atoms with Gasteiger partial charge in [-0.25, -0.2) is 0 Å². The second-order valence-corrected chi connectivity index (χ2v) is 5.22. The van der Waals surface area contributed by atoms with Gasteiger partial charge in [0, 0.05) is 24.3 Å². The summed E-state index contributed by atoms with van der Waals surface area (Å²) in [4.78, 5) is 13.6. The number of carbonyl (C=O) groups excluding carboxylic acids is 1. The molecule has 4 heteroatoms. The van der Waals surface area contributed by atoms with Crippen molar-refractivity contribution in [3.05, 3.63) is 48.0 Å². The van der Waals surface area contributed by atoms with Crippen LogP contribution in [0.3, 0.4) is 0 Å². The molecule has 114 valence electrons. The molecule has 0 aliphatic carbocycles. The van der Waals surface area contributed by atoms with E-state index in [4.69, 9.17) is 9.47 Å². The van der Waals surface area contributed by atoms with Crippen molar-refractivity contribution in [3.63, 3.8) is 0 Å². The molecule has 2 aromatic carbocycles. The molecule has 1 saturated heterocycles. The number of ether oxygens (including phenoxy) is 2. The molecule has 0 spiro atoms. The van der Waals surface area contributed by atoms with Crippen molar-refractivity contribution in [3.8, 4) is 16.9 Å². The minimum atomic E-state index is 0.696. The molecule has 1 fully saturated rings. The molecule has 1 aliphatic heterocycles. The van der Waals surface area contributed by atoms with E-state index < -0.39 is 0 Å². The fourth-order valence-corrected chi connectivity index (χ4v) is 2.69. The fourth-order valence-electron chi connectivity index (χ4n) is 2.69. The highest BCUT2D eigenvalue weighted by Crippen LogP contribution is 2.29. The van der Waals surface area contributed by atoms with Gasteiger partial charge in [-0.1, -0.05) is 12.1 Å². The van der Waals surface area contributed by atoms with Crippen LogP contribution < -0.4 is 9.64 Å². The number of methoxy groups -OCH3 is 1. The van der Waals surface area contributed by atoms with Crippen LogP contribution in [0.2, 0.25) is 0 Å². The van der Waals surface area contributed by atoms with Gasteiger partial charge in [-0.05, 0) is 41.5 Å². The summed E-state index contributed by atoms with van der Waals surface area (Å²) in [7, 11) is 1.64. The Morgan fingerprint density at radius 3 is 2.45 bits per heavy atom. The quantitative estimate of drug-likeness (QED) is 0.813. The largest absolute Gasteiger partial charge is 0.497 e. The first-order valence-corrected chi connectivity index (χ1v) is 7.38. The number of anilines is 1. The van der Waals surface area contributed by atoms with Crippen LogP contribution in [0.5, 0.6) is 5.75 Å². The van der Waals surface area contributed by atoms with Crippen molar-refractivity contribution in [1.82, 2.24) is 0 Å². The van der Waals surface area contributed by atoms with E-state index in [1.165, 1.54) is 0 Å². The zero-order valence-corrected chi connectivity index (χ0v) is 12.6. The lowest BCUT2D eigenvalue weighted by molar-refractivity contribution is 0.112. The van der Waals surface area contributed by atoms with Crippen molar-refractivity contribution in [2.75, 3.05) is 38.3 Å². The Morgan fingerprint density at radius 2 is 1.82 bits per heavy atom. The van der Waals surface area contributed by atoms with Crippen LogP contribution in [0.4, 0.5) is 5.69 Å². The van der Waals surface area contributed by atoms with E-state index in [0.29, 0.717) is 5.56 Å². The summed E-state index contributed by atoms with van der Waals surface area (Å²) >= 11 is 0. The Bertz CT molecular complexity index is 646. The normalized spacial score (nSPS) is 14.7. The summed E-state index contributed by atoms with van der Waals surface area (Å²) in [5, 5.41) is 0. The maximum atomic E-state index is 11.4. The van der Waals surface area contributed by atoms with Crippen molar-refractivity contribution in [2.45, 2.75) is 0 Å². The predicted octanol–water partition coefficient (Wildman–Crippen LogP) is 3.01. The third-order valence-corrected chi connectivity index (χ3v) is 3.94. The molecule has 0 radical (unpaired) electrons. The maximum Gasteiger partial charge on any atom is 0.150 e. The van der Waals surface area contributed by atoms with Gasteiger partial charge < -0.3 is 14.4 Å². The topological polar surface area (TPSA) is 38.8 Å². The highest BCUT2D eigenvalue weighted by molar-refractivity contribution is 5.89. The van der Waals surface area contributed by atoms with Gasteiger partial charge in [-0.3, -0.25) is 4.79 Å². The van der Waals surface area contributed by atoms with Crippen LogP contribution >= 0.6 is 0 Å². The number of rotatable bonds is 4. The molecule has 0 amide bonds. The molecule has 0 unspecified atom stereocenters. The first kappa shape index (κ1) is 14.6. The van der Waals surface area contributed by atoms with Gasteiger partial charge in [0.25, 0.3) is 0 Å². The van der Waals surface area contributed by atoms with Gasteiger partial charge >= 0.3 is 0 Å². The van der Waals surface area contributed by atoms with E-state index in [-0.39, 0.29) is 0 Å². The molecular weight excluding hydrogens is 278 g/mol. The average Bonchev–Trinajstić information content (AvgIpc) is 2.62. The number of hydrogen-bond donors (Lipinski definition) is 0. The molecule has 4 nitrogen and oxygen atoms in total. The standard InChI is InChI=1S/C18H19NO3/c1-21-17-6-3-14(4-7-17)18-12-16(5-2-15(18)13-20)19-8-10-22-11-9-19/h2-7,12-13H,8-11H2,1H3. The number of hydrogen-bond acceptors (Lipinski definition) is 4. The summed E-state index contributed by atoms with van der Waals surface area (Å²) in [5.74, 6) is 0.806. The van der Waals surface area contributed by atoms with E-state index >= 15 is 0 Å². The first-order valence-electron chi connectivity index (χ1n) is 7.38. The van der Waals surface area contributed by atoms with Crippen molar-refractivity contribution in [2.24, 2.45) is 0 Å². The smallest absolute Gasteiger partial charge is 0.150 e. The van der Waals surface area contributed by atoms with Crippen molar-refractivity contribution >= 4 is 12.0 Å². The molecule has 2 aromatic rings. The molecule has 1 heterocycles. The van der Waals surface area contributed by atoms with Gasteiger partial charge in [0.15, 0.2) is 6.29 Å². The lowest BCUT2D eigenvalue weighted by Crippen LogP contribution is -2.36. The highest BCUT2D eigenvalue weighted by Gasteiger charge is 2.14. The molecular formula is C18H19NO3. The van der Waals surface area contributed by atoms with Gasteiger partial charge in [-0.2, -0.15) is 0 Å². The van der Waals surface area contributed by atoms with Crippen molar-refractivity contribution < 1.29 is 14.3 Å². The zero-order chi connectivity index (χ0) is 15.4. The molecule has 3 rings (SSSR count). The summed E-state index contributed by atoms with van der Waals surface area (Å²) in [6, 6.07) is 13.7. The molecule has 0 bridgehead atoms. The predicted molar refractivity (Wildman–Crippen MR) is 86.8 cm³/mol. The monoisotopic (exact) mass is 297 g/mol. The number of carbonyl (C=O) groups is 1. The second kappa shape index (κ2) is 6.62. The van der Waals surface area contributed by atoms with E-state index in [0.717, 1.165) is 55.2 Å².